The van der Waals surface area contributed by atoms with E-state index in [9.17, 15) is 38.6 Å². The monoisotopic (exact) mass is 672 g/mol. The molecule has 3 fully saturated rings. The van der Waals surface area contributed by atoms with E-state index in [-0.39, 0.29) is 52.9 Å². The van der Waals surface area contributed by atoms with Gasteiger partial charge in [-0.25, -0.2) is 14.1 Å². The maximum Gasteiger partial charge on any atom is 0.335 e. The van der Waals surface area contributed by atoms with Crippen LogP contribution in [0.25, 0.3) is 0 Å². The average Bonchev–Trinajstić information content (AvgIpc) is 3.43. The van der Waals surface area contributed by atoms with Gasteiger partial charge in [0.2, 0.25) is 23.6 Å². The van der Waals surface area contributed by atoms with Crippen LogP contribution in [0.2, 0.25) is 5.02 Å². The number of carbonyl (C=O) groups excluding carboxylic acids is 4. The van der Waals surface area contributed by atoms with Gasteiger partial charge in [0.25, 0.3) is 0 Å². The van der Waals surface area contributed by atoms with Gasteiger partial charge in [0.05, 0.1) is 51.7 Å². The van der Waals surface area contributed by atoms with E-state index >= 15 is 0 Å². The van der Waals surface area contributed by atoms with E-state index in [4.69, 9.17) is 16.3 Å². The van der Waals surface area contributed by atoms with Gasteiger partial charge in [-0.15, -0.1) is 0 Å². The van der Waals surface area contributed by atoms with Crippen LogP contribution in [0.4, 0.5) is 15.8 Å². The molecule has 6 unspecified atom stereocenters. The number of imide groups is 2. The highest BCUT2D eigenvalue weighted by Crippen LogP contribution is 2.64. The number of aromatic carboxylic acids is 1. The molecule has 2 heterocycles. The normalized spacial score (nSPS) is 27.8. The molecule has 0 spiro atoms. The number of hydrogen-bond donors (Lipinski definition) is 2. The fraction of sp³-hybridized carbons (Fsp3) is 0.306. The van der Waals surface area contributed by atoms with Gasteiger partial charge in [-0.3, -0.25) is 24.1 Å². The van der Waals surface area contributed by atoms with Gasteiger partial charge in [0.1, 0.15) is 5.82 Å². The van der Waals surface area contributed by atoms with E-state index < -0.39 is 70.4 Å². The number of phenols is 1. The van der Waals surface area contributed by atoms with Crippen molar-refractivity contribution in [3.8, 4) is 11.5 Å². The zero-order valence-corrected chi connectivity index (χ0v) is 26.6. The van der Waals surface area contributed by atoms with Crippen molar-refractivity contribution in [2.75, 3.05) is 16.4 Å². The van der Waals surface area contributed by atoms with Crippen molar-refractivity contribution in [3.05, 3.63) is 94.3 Å². The number of anilines is 2. The second-order valence-electron chi connectivity index (χ2n) is 12.8. The lowest BCUT2D eigenvalue weighted by Crippen LogP contribution is -2.48. The lowest BCUT2D eigenvalue weighted by Gasteiger charge is -2.49. The fourth-order valence-electron chi connectivity index (χ4n) is 8.28. The number of carbonyl (C=O) groups is 5. The molecule has 0 radical (unpaired) electrons. The summed E-state index contributed by atoms with van der Waals surface area (Å²) in [5, 5.41) is 19.8. The number of carboxylic acids is 1. The van der Waals surface area contributed by atoms with Gasteiger partial charge in [0, 0.05) is 5.92 Å². The number of rotatable bonds is 6. The van der Waals surface area contributed by atoms with Gasteiger partial charge in [-0.05, 0) is 86.7 Å². The van der Waals surface area contributed by atoms with E-state index in [2.05, 4.69) is 0 Å². The number of hydrogen-bond acceptors (Lipinski definition) is 7. The highest BCUT2D eigenvalue weighted by molar-refractivity contribution is 6.32. The number of fused-ring (bicyclic) bond motifs is 4. The van der Waals surface area contributed by atoms with Gasteiger partial charge in [-0.1, -0.05) is 35.4 Å². The maximum atomic E-state index is 14.6. The molecule has 12 heteroatoms. The SMILES string of the molecule is CCOc1cc(C2C3=CCC4C(=O)N(c5cccc(C(=O)O)c5)C(=O)C4C3CC3C(=O)N(c4ccc(F)c(Cl)c4)C(=O)C32C)ccc1O. The zero-order valence-electron chi connectivity index (χ0n) is 25.9. The second kappa shape index (κ2) is 11.3. The summed E-state index contributed by atoms with van der Waals surface area (Å²) in [6.07, 6.45) is 2.14. The van der Waals surface area contributed by atoms with Gasteiger partial charge in [0.15, 0.2) is 11.5 Å². The molecule has 4 aliphatic rings. The Kier molecular flexibility index (Phi) is 7.43. The topological polar surface area (TPSA) is 142 Å². The van der Waals surface area contributed by atoms with Crippen LogP contribution in [0.15, 0.2) is 72.3 Å². The Bertz CT molecular complexity index is 1980. The van der Waals surface area contributed by atoms with Crippen LogP contribution in [0, 0.1) is 34.9 Å². The Morgan fingerprint density at radius 2 is 1.73 bits per heavy atom. The smallest absolute Gasteiger partial charge is 0.335 e. The molecule has 10 nitrogen and oxygen atoms in total. The highest BCUT2D eigenvalue weighted by atomic mass is 35.5. The second-order valence-corrected chi connectivity index (χ2v) is 13.2. The van der Waals surface area contributed by atoms with Gasteiger partial charge < -0.3 is 14.9 Å². The number of benzene rings is 3. The summed E-state index contributed by atoms with van der Waals surface area (Å²) in [7, 11) is 0. The Labute approximate surface area is 279 Å². The summed E-state index contributed by atoms with van der Waals surface area (Å²) >= 11 is 6.07. The molecule has 0 aromatic heterocycles. The predicted octanol–water partition coefficient (Wildman–Crippen LogP) is 5.72. The zero-order chi connectivity index (χ0) is 34.2. The number of nitrogens with zero attached hydrogens (tertiary/aromatic N) is 2. The van der Waals surface area contributed by atoms with Gasteiger partial charge in [-0.2, -0.15) is 0 Å². The predicted molar refractivity (Wildman–Crippen MR) is 171 cm³/mol. The van der Waals surface area contributed by atoms with Crippen LogP contribution in [-0.2, 0) is 19.2 Å². The molecule has 7 rings (SSSR count). The molecule has 3 aromatic carbocycles. The molecule has 0 bridgehead atoms. The molecule has 6 atom stereocenters. The number of amides is 4. The first kappa shape index (κ1) is 31.6. The third-order valence-electron chi connectivity index (χ3n) is 10.4. The molecular weight excluding hydrogens is 643 g/mol. The minimum absolute atomic E-state index is 0.0778. The van der Waals surface area contributed by atoms with Crippen molar-refractivity contribution in [1.82, 2.24) is 0 Å². The number of aromatic hydroxyl groups is 1. The minimum Gasteiger partial charge on any atom is -0.504 e. The average molecular weight is 673 g/mol. The van der Waals surface area contributed by atoms with Crippen molar-refractivity contribution in [1.29, 1.82) is 0 Å². The Morgan fingerprint density at radius 3 is 2.44 bits per heavy atom. The number of halogens is 2. The van der Waals surface area contributed by atoms with E-state index in [1.54, 1.807) is 26.0 Å². The molecule has 246 valence electrons. The van der Waals surface area contributed by atoms with Crippen LogP contribution in [0.1, 0.15) is 48.5 Å². The lowest BCUT2D eigenvalue weighted by molar-refractivity contribution is -0.131. The molecule has 2 aliphatic heterocycles. The first-order valence-electron chi connectivity index (χ1n) is 15.6. The Hall–Kier alpha value is -5.03. The maximum absolute atomic E-state index is 14.6. The number of ether oxygens (including phenoxy) is 1. The third kappa shape index (κ3) is 4.47. The van der Waals surface area contributed by atoms with Crippen LogP contribution >= 0.6 is 11.6 Å². The third-order valence-corrected chi connectivity index (χ3v) is 10.7. The molecule has 1 saturated carbocycles. The Morgan fingerprint density at radius 1 is 0.979 bits per heavy atom. The van der Waals surface area contributed by atoms with E-state index in [1.165, 1.54) is 42.5 Å². The van der Waals surface area contributed by atoms with Crippen molar-refractivity contribution < 1.29 is 43.3 Å². The number of carboxylic acid groups (broad SMARTS) is 1. The first-order valence-corrected chi connectivity index (χ1v) is 16.0. The molecule has 4 amide bonds. The van der Waals surface area contributed by atoms with Crippen molar-refractivity contribution >= 4 is 52.6 Å². The Balaban J connectivity index is 1.37. The molecule has 2 N–H and O–H groups in total. The largest absolute Gasteiger partial charge is 0.504 e. The number of phenolic OH excluding ortho intramolecular Hbond substituents is 1. The fourth-order valence-corrected chi connectivity index (χ4v) is 8.45. The van der Waals surface area contributed by atoms with E-state index in [1.807, 2.05) is 6.08 Å². The van der Waals surface area contributed by atoms with E-state index in [0.29, 0.717) is 11.1 Å². The minimum atomic E-state index is -1.38. The standard InChI is InChI=1S/C36H30ClFN2O8/c1-3-48-28-14-17(7-12-27(28)41)30-21-9-10-22-29(33(44)39(31(22)42)19-6-4-5-18(13-19)34(45)46)23(21)16-24-32(43)40(35(47)36(24,30)2)20-8-11-26(38)25(37)15-20/h4-9,11-15,22-24,29-30,41H,3,10,16H2,1-2H3,(H,45,46). The molecule has 48 heavy (non-hydrogen) atoms. The van der Waals surface area contributed by atoms with E-state index in [0.717, 1.165) is 15.9 Å². The molecule has 3 aromatic rings. The quantitative estimate of drug-likeness (QED) is 0.250. The molecule has 2 aliphatic carbocycles. The lowest BCUT2D eigenvalue weighted by atomic mass is 9.51. The van der Waals surface area contributed by atoms with Crippen LogP contribution in [0.5, 0.6) is 11.5 Å². The molecular formula is C36H30ClFN2O8. The van der Waals surface area contributed by atoms with Crippen molar-refractivity contribution in [2.24, 2.45) is 29.1 Å². The summed E-state index contributed by atoms with van der Waals surface area (Å²) in [6, 6.07) is 14.0. The van der Waals surface area contributed by atoms with Crippen molar-refractivity contribution in [2.45, 2.75) is 32.6 Å². The summed E-state index contributed by atoms with van der Waals surface area (Å²) in [5.41, 5.74) is 0.0760. The van der Waals surface area contributed by atoms with Crippen LogP contribution in [0.3, 0.4) is 0 Å². The van der Waals surface area contributed by atoms with Gasteiger partial charge >= 0.3 is 5.97 Å². The summed E-state index contributed by atoms with van der Waals surface area (Å²) in [5.74, 6) is -7.87. The summed E-state index contributed by atoms with van der Waals surface area (Å²) in [6.45, 7) is 3.72. The van der Waals surface area contributed by atoms with Crippen LogP contribution in [-0.4, -0.2) is 46.4 Å². The van der Waals surface area contributed by atoms with Crippen molar-refractivity contribution in [3.63, 3.8) is 0 Å². The summed E-state index contributed by atoms with van der Waals surface area (Å²) in [4.78, 5) is 70.7. The number of allylic oxidation sites excluding steroid dienone is 2. The molecule has 2 saturated heterocycles. The highest BCUT2D eigenvalue weighted by Gasteiger charge is 2.67. The first-order chi connectivity index (χ1) is 22.9. The van der Waals surface area contributed by atoms with Crippen LogP contribution < -0.4 is 14.5 Å². The summed E-state index contributed by atoms with van der Waals surface area (Å²) < 4.78 is 19.8.